The van der Waals surface area contributed by atoms with Crippen LogP contribution in [0.2, 0.25) is 0 Å². The van der Waals surface area contributed by atoms with Crippen LogP contribution in [0.4, 0.5) is 17.1 Å². The van der Waals surface area contributed by atoms with Crippen LogP contribution in [0.3, 0.4) is 0 Å². The number of benzene rings is 3. The van der Waals surface area contributed by atoms with E-state index in [2.05, 4.69) is 5.32 Å². The highest BCUT2D eigenvalue weighted by Gasteiger charge is 2.40. The first-order valence-electron chi connectivity index (χ1n) is 10.3. The molecule has 1 fully saturated rings. The van der Waals surface area contributed by atoms with Crippen LogP contribution >= 0.6 is 11.8 Å². The van der Waals surface area contributed by atoms with Crippen molar-refractivity contribution in [2.75, 3.05) is 10.2 Å². The maximum atomic E-state index is 12.9. The zero-order valence-electron chi connectivity index (χ0n) is 18.0. The minimum absolute atomic E-state index is 0.0275. The number of amides is 4. The molecule has 1 aliphatic heterocycles. The van der Waals surface area contributed by atoms with Gasteiger partial charge in [-0.1, -0.05) is 0 Å². The number of nitro groups is 1. The lowest BCUT2D eigenvalue weighted by Gasteiger charge is -2.15. The summed E-state index contributed by atoms with van der Waals surface area (Å²) in [5, 5.41) is 12.8. The van der Waals surface area contributed by atoms with E-state index in [0.29, 0.717) is 11.4 Å². The summed E-state index contributed by atoms with van der Waals surface area (Å²) in [7, 11) is 0. The number of rotatable bonds is 7. The Morgan fingerprint density at radius 1 is 0.943 bits per heavy atom. The molecule has 176 valence electrons. The maximum Gasteiger partial charge on any atom is 0.269 e. The molecule has 35 heavy (non-hydrogen) atoms. The van der Waals surface area contributed by atoms with Crippen molar-refractivity contribution in [2.45, 2.75) is 16.6 Å². The van der Waals surface area contributed by atoms with Crippen LogP contribution in [0.15, 0.2) is 77.7 Å². The van der Waals surface area contributed by atoms with E-state index in [1.807, 2.05) is 0 Å². The Labute approximate surface area is 203 Å². The summed E-state index contributed by atoms with van der Waals surface area (Å²) in [6, 6.07) is 17.9. The topological polar surface area (TPSA) is 153 Å². The lowest BCUT2D eigenvalue weighted by Crippen LogP contribution is -2.31. The van der Waals surface area contributed by atoms with Gasteiger partial charge in [-0.2, -0.15) is 0 Å². The molecule has 1 unspecified atom stereocenters. The van der Waals surface area contributed by atoms with E-state index in [-0.39, 0.29) is 35.0 Å². The average molecular weight is 490 g/mol. The number of hydrogen-bond acceptors (Lipinski definition) is 7. The molecule has 0 aliphatic carbocycles. The van der Waals surface area contributed by atoms with Crippen molar-refractivity contribution in [2.24, 2.45) is 5.73 Å². The van der Waals surface area contributed by atoms with Gasteiger partial charge in [-0.15, -0.1) is 11.8 Å². The standard InChI is InChI=1S/C24H18N4O6S/c25-22(30)14-1-7-17(8-2-14)27-21(29)13-20(24(27)32)35-19-11-5-16(6-12-19)26-23(31)15-3-9-18(10-4-15)28(33)34/h1-12,20H,13H2,(H2,25,30)(H,26,31). The molecule has 10 nitrogen and oxygen atoms in total. The van der Waals surface area contributed by atoms with E-state index >= 15 is 0 Å². The Hall–Kier alpha value is -4.51. The van der Waals surface area contributed by atoms with Crippen molar-refractivity contribution < 1.29 is 24.1 Å². The molecule has 1 atom stereocenters. The summed E-state index contributed by atoms with van der Waals surface area (Å²) in [6.45, 7) is 0. The molecule has 0 spiro atoms. The number of primary amides is 1. The van der Waals surface area contributed by atoms with Gasteiger partial charge in [-0.05, 0) is 60.7 Å². The molecular weight excluding hydrogens is 472 g/mol. The number of nitrogens with zero attached hydrogens (tertiary/aromatic N) is 2. The fourth-order valence-corrected chi connectivity index (χ4v) is 4.51. The number of non-ortho nitro benzene ring substituents is 1. The molecule has 1 aliphatic rings. The lowest BCUT2D eigenvalue weighted by atomic mass is 10.2. The van der Waals surface area contributed by atoms with Gasteiger partial charge >= 0.3 is 0 Å². The summed E-state index contributed by atoms with van der Waals surface area (Å²) < 4.78 is 0. The van der Waals surface area contributed by atoms with Crippen LogP contribution in [0.5, 0.6) is 0 Å². The summed E-state index contributed by atoms with van der Waals surface area (Å²) in [5.74, 6) is -1.72. The summed E-state index contributed by atoms with van der Waals surface area (Å²) in [4.78, 5) is 61.0. The van der Waals surface area contributed by atoms with Gasteiger partial charge in [0.25, 0.3) is 11.6 Å². The molecule has 3 aromatic rings. The lowest BCUT2D eigenvalue weighted by molar-refractivity contribution is -0.384. The van der Waals surface area contributed by atoms with E-state index in [9.17, 15) is 29.3 Å². The minimum Gasteiger partial charge on any atom is -0.366 e. The molecule has 0 radical (unpaired) electrons. The highest BCUT2D eigenvalue weighted by Crippen LogP contribution is 2.34. The molecule has 4 amide bonds. The Balaban J connectivity index is 1.39. The number of nitrogens with two attached hydrogens (primary N) is 1. The molecule has 1 heterocycles. The van der Waals surface area contributed by atoms with Crippen molar-refractivity contribution in [1.29, 1.82) is 0 Å². The molecule has 4 rings (SSSR count). The summed E-state index contributed by atoms with van der Waals surface area (Å²) >= 11 is 1.24. The third-order valence-electron chi connectivity index (χ3n) is 5.25. The number of anilines is 2. The van der Waals surface area contributed by atoms with E-state index in [1.165, 1.54) is 60.3 Å². The highest BCUT2D eigenvalue weighted by molar-refractivity contribution is 8.00. The molecule has 3 aromatic carbocycles. The molecule has 0 aromatic heterocycles. The van der Waals surface area contributed by atoms with E-state index < -0.39 is 22.0 Å². The fraction of sp³-hybridized carbons (Fsp3) is 0.0833. The first-order valence-corrected chi connectivity index (χ1v) is 11.2. The smallest absolute Gasteiger partial charge is 0.269 e. The van der Waals surface area contributed by atoms with Gasteiger partial charge < -0.3 is 11.1 Å². The second-order valence-corrected chi connectivity index (χ2v) is 8.85. The first-order chi connectivity index (χ1) is 16.7. The second kappa shape index (κ2) is 9.77. The first kappa shape index (κ1) is 23.6. The van der Waals surface area contributed by atoms with Crippen molar-refractivity contribution in [3.63, 3.8) is 0 Å². The number of imide groups is 1. The van der Waals surface area contributed by atoms with Crippen molar-refractivity contribution in [3.05, 3.63) is 94.0 Å². The molecule has 0 saturated carbocycles. The normalized spacial score (nSPS) is 15.2. The number of carbonyl (C=O) groups is 4. The molecule has 0 bridgehead atoms. The average Bonchev–Trinajstić information content (AvgIpc) is 3.12. The summed E-state index contributed by atoms with van der Waals surface area (Å²) in [5.41, 5.74) is 6.54. The largest absolute Gasteiger partial charge is 0.366 e. The van der Waals surface area contributed by atoms with Gasteiger partial charge in [0.15, 0.2) is 0 Å². The van der Waals surface area contributed by atoms with Gasteiger partial charge in [0, 0.05) is 40.3 Å². The third kappa shape index (κ3) is 5.20. The zero-order valence-corrected chi connectivity index (χ0v) is 18.9. The van der Waals surface area contributed by atoms with Crippen LogP contribution in [0, 0.1) is 10.1 Å². The van der Waals surface area contributed by atoms with Crippen LogP contribution < -0.4 is 16.0 Å². The van der Waals surface area contributed by atoms with Gasteiger partial charge in [-0.25, -0.2) is 4.90 Å². The zero-order chi connectivity index (χ0) is 25.1. The van der Waals surface area contributed by atoms with Gasteiger partial charge in [0.2, 0.25) is 17.7 Å². The SMILES string of the molecule is NC(=O)c1ccc(N2C(=O)CC(Sc3ccc(NC(=O)c4ccc([N+](=O)[O-])cc4)cc3)C2=O)cc1. The van der Waals surface area contributed by atoms with Crippen LogP contribution in [0.1, 0.15) is 27.1 Å². The van der Waals surface area contributed by atoms with E-state index in [4.69, 9.17) is 5.73 Å². The fourth-order valence-electron chi connectivity index (χ4n) is 3.46. The maximum absolute atomic E-state index is 12.9. The Morgan fingerprint density at radius 3 is 2.11 bits per heavy atom. The molecule has 1 saturated heterocycles. The van der Waals surface area contributed by atoms with Crippen LogP contribution in [-0.4, -0.2) is 33.8 Å². The number of nitro benzene ring substituents is 1. The van der Waals surface area contributed by atoms with Crippen molar-refractivity contribution in [3.8, 4) is 0 Å². The Bertz CT molecular complexity index is 1320. The number of nitrogens with one attached hydrogen (secondary N) is 1. The van der Waals surface area contributed by atoms with E-state index in [0.717, 1.165) is 9.80 Å². The Morgan fingerprint density at radius 2 is 1.54 bits per heavy atom. The van der Waals surface area contributed by atoms with Gasteiger partial charge in [0.05, 0.1) is 15.9 Å². The Kier molecular flexibility index (Phi) is 6.60. The van der Waals surface area contributed by atoms with Gasteiger partial charge in [0.1, 0.15) is 0 Å². The molecule has 11 heteroatoms. The quantitative estimate of drug-likeness (QED) is 0.292. The number of thioether (sulfide) groups is 1. The molecule has 3 N–H and O–H groups in total. The summed E-state index contributed by atoms with van der Waals surface area (Å²) in [6.07, 6.45) is 0.0275. The van der Waals surface area contributed by atoms with E-state index in [1.54, 1.807) is 24.3 Å². The molecular formula is C24H18N4O6S. The van der Waals surface area contributed by atoms with Gasteiger partial charge in [-0.3, -0.25) is 29.3 Å². The monoisotopic (exact) mass is 490 g/mol. The second-order valence-electron chi connectivity index (χ2n) is 7.57. The predicted octanol–water partition coefficient (Wildman–Crippen LogP) is 3.37. The predicted molar refractivity (Wildman–Crippen MR) is 129 cm³/mol. The van der Waals surface area contributed by atoms with Crippen LogP contribution in [0.25, 0.3) is 0 Å². The number of hydrogen-bond donors (Lipinski definition) is 2. The minimum atomic E-state index is -0.612. The number of carbonyl (C=O) groups excluding carboxylic acids is 4. The highest BCUT2D eigenvalue weighted by atomic mass is 32.2. The van der Waals surface area contributed by atoms with Crippen LogP contribution in [-0.2, 0) is 9.59 Å². The van der Waals surface area contributed by atoms with Crippen molar-refractivity contribution >= 4 is 52.5 Å². The van der Waals surface area contributed by atoms with Crippen molar-refractivity contribution in [1.82, 2.24) is 0 Å². The third-order valence-corrected chi connectivity index (χ3v) is 6.44.